The van der Waals surface area contributed by atoms with E-state index in [9.17, 15) is 9.59 Å². The SMILES string of the molecule is CCOC(=O)CN(CCOC)C(=O)c1cnc(Cl)cn1. The van der Waals surface area contributed by atoms with Gasteiger partial charge in [-0.15, -0.1) is 0 Å². The van der Waals surface area contributed by atoms with Gasteiger partial charge in [-0.2, -0.15) is 0 Å². The fraction of sp³-hybridized carbons (Fsp3) is 0.500. The van der Waals surface area contributed by atoms with Crippen LogP contribution >= 0.6 is 11.6 Å². The molecule has 7 nitrogen and oxygen atoms in total. The van der Waals surface area contributed by atoms with Gasteiger partial charge in [0.2, 0.25) is 0 Å². The van der Waals surface area contributed by atoms with Gasteiger partial charge in [0.1, 0.15) is 17.4 Å². The highest BCUT2D eigenvalue weighted by Gasteiger charge is 2.20. The highest BCUT2D eigenvalue weighted by Crippen LogP contribution is 2.05. The maximum atomic E-state index is 12.2. The summed E-state index contributed by atoms with van der Waals surface area (Å²) in [6.07, 6.45) is 2.53. The van der Waals surface area contributed by atoms with Gasteiger partial charge in [0, 0.05) is 13.7 Å². The van der Waals surface area contributed by atoms with Crippen LogP contribution in [0.4, 0.5) is 0 Å². The summed E-state index contributed by atoms with van der Waals surface area (Å²) < 4.78 is 9.74. The lowest BCUT2D eigenvalue weighted by molar-refractivity contribution is -0.143. The molecule has 0 aliphatic carbocycles. The van der Waals surface area contributed by atoms with Crippen LogP contribution in [0.15, 0.2) is 12.4 Å². The first-order valence-electron chi connectivity index (χ1n) is 5.99. The second-order valence-electron chi connectivity index (χ2n) is 3.75. The van der Waals surface area contributed by atoms with Gasteiger partial charge in [-0.25, -0.2) is 9.97 Å². The van der Waals surface area contributed by atoms with Crippen LogP contribution in [0.3, 0.4) is 0 Å². The molecule has 0 fully saturated rings. The van der Waals surface area contributed by atoms with Crippen molar-refractivity contribution in [3.63, 3.8) is 0 Å². The van der Waals surface area contributed by atoms with E-state index in [2.05, 4.69) is 9.97 Å². The van der Waals surface area contributed by atoms with Crippen molar-refractivity contribution < 1.29 is 19.1 Å². The lowest BCUT2D eigenvalue weighted by Crippen LogP contribution is -2.39. The number of esters is 1. The van der Waals surface area contributed by atoms with Crippen molar-refractivity contribution in [1.82, 2.24) is 14.9 Å². The van der Waals surface area contributed by atoms with Crippen molar-refractivity contribution >= 4 is 23.5 Å². The standard InChI is InChI=1S/C12H16ClN3O4/c1-3-20-11(17)8-16(4-5-19-2)12(18)9-6-15-10(13)7-14-9/h6-7H,3-5,8H2,1-2H3. The summed E-state index contributed by atoms with van der Waals surface area (Å²) in [5.41, 5.74) is 0.106. The van der Waals surface area contributed by atoms with Gasteiger partial charge < -0.3 is 14.4 Å². The normalized spacial score (nSPS) is 10.2. The predicted molar refractivity (Wildman–Crippen MR) is 71.5 cm³/mol. The number of methoxy groups -OCH3 is 1. The molecule has 1 aromatic heterocycles. The molecule has 0 saturated heterocycles. The number of hydrogen-bond donors (Lipinski definition) is 0. The highest BCUT2D eigenvalue weighted by atomic mass is 35.5. The number of halogens is 1. The Balaban J connectivity index is 2.77. The number of nitrogens with zero attached hydrogens (tertiary/aromatic N) is 3. The molecule has 0 saturated carbocycles. The van der Waals surface area contributed by atoms with Crippen LogP contribution in [0, 0.1) is 0 Å². The van der Waals surface area contributed by atoms with Crippen LogP contribution in [0.25, 0.3) is 0 Å². The minimum atomic E-state index is -0.487. The Morgan fingerprint density at radius 2 is 2.10 bits per heavy atom. The number of aromatic nitrogens is 2. The van der Waals surface area contributed by atoms with E-state index in [1.54, 1.807) is 6.92 Å². The van der Waals surface area contributed by atoms with Gasteiger partial charge in [-0.1, -0.05) is 11.6 Å². The van der Waals surface area contributed by atoms with E-state index in [4.69, 9.17) is 21.1 Å². The molecule has 8 heteroatoms. The molecule has 0 N–H and O–H groups in total. The van der Waals surface area contributed by atoms with Gasteiger partial charge >= 0.3 is 5.97 Å². The van der Waals surface area contributed by atoms with Crippen molar-refractivity contribution in [2.45, 2.75) is 6.92 Å². The zero-order chi connectivity index (χ0) is 15.0. The molecule has 1 heterocycles. The molecule has 0 atom stereocenters. The minimum Gasteiger partial charge on any atom is -0.465 e. The second-order valence-corrected chi connectivity index (χ2v) is 4.14. The number of carbonyl (C=O) groups excluding carboxylic acids is 2. The Morgan fingerprint density at radius 1 is 1.35 bits per heavy atom. The fourth-order valence-corrected chi connectivity index (χ4v) is 1.50. The van der Waals surface area contributed by atoms with Gasteiger partial charge in [0.25, 0.3) is 5.91 Å². The number of carbonyl (C=O) groups is 2. The third kappa shape index (κ3) is 5.10. The van der Waals surface area contributed by atoms with Gasteiger partial charge in [0.15, 0.2) is 0 Å². The van der Waals surface area contributed by atoms with E-state index in [-0.39, 0.29) is 30.5 Å². The molecule has 0 aromatic carbocycles. The Hall–Kier alpha value is -1.73. The average Bonchev–Trinajstić information content (AvgIpc) is 2.44. The van der Waals surface area contributed by atoms with Crippen molar-refractivity contribution in [1.29, 1.82) is 0 Å². The molecule has 0 unspecified atom stereocenters. The molecule has 110 valence electrons. The Labute approximate surface area is 121 Å². The molecule has 0 aliphatic rings. The zero-order valence-corrected chi connectivity index (χ0v) is 12.1. The van der Waals surface area contributed by atoms with E-state index in [0.29, 0.717) is 6.61 Å². The molecule has 0 radical (unpaired) electrons. The summed E-state index contributed by atoms with van der Waals surface area (Å²) >= 11 is 5.61. The predicted octanol–water partition coefficient (Wildman–Crippen LogP) is 0.782. The molecule has 0 bridgehead atoms. The third-order valence-corrected chi connectivity index (χ3v) is 2.51. The summed E-state index contributed by atoms with van der Waals surface area (Å²) in [6, 6.07) is 0. The number of rotatable bonds is 7. The van der Waals surface area contributed by atoms with Crippen LogP contribution in [-0.4, -0.2) is 60.2 Å². The van der Waals surface area contributed by atoms with E-state index in [0.717, 1.165) is 0 Å². The monoisotopic (exact) mass is 301 g/mol. The van der Waals surface area contributed by atoms with E-state index >= 15 is 0 Å². The number of ether oxygens (including phenoxy) is 2. The van der Waals surface area contributed by atoms with Gasteiger partial charge in [-0.3, -0.25) is 9.59 Å². The van der Waals surface area contributed by atoms with E-state index in [1.807, 2.05) is 0 Å². The molecule has 1 aromatic rings. The topological polar surface area (TPSA) is 81.6 Å². The maximum absolute atomic E-state index is 12.2. The maximum Gasteiger partial charge on any atom is 0.325 e. The van der Waals surface area contributed by atoms with Crippen LogP contribution in [0.2, 0.25) is 5.15 Å². The van der Waals surface area contributed by atoms with E-state index in [1.165, 1.54) is 24.4 Å². The molecule has 0 aliphatic heterocycles. The molecule has 0 spiro atoms. The first kappa shape index (κ1) is 16.3. The lowest BCUT2D eigenvalue weighted by Gasteiger charge is -2.20. The van der Waals surface area contributed by atoms with Crippen LogP contribution in [0.5, 0.6) is 0 Å². The summed E-state index contributed by atoms with van der Waals surface area (Å²) in [6.45, 7) is 2.33. The third-order valence-electron chi connectivity index (χ3n) is 2.32. The minimum absolute atomic E-state index is 0.106. The van der Waals surface area contributed by atoms with Crippen molar-refractivity contribution in [3.05, 3.63) is 23.2 Å². The molecular formula is C12H16ClN3O4. The first-order valence-corrected chi connectivity index (χ1v) is 6.37. The molecule has 1 amide bonds. The number of amides is 1. The fourth-order valence-electron chi connectivity index (χ4n) is 1.40. The molecule has 1 rings (SSSR count). The first-order chi connectivity index (χ1) is 9.58. The van der Waals surface area contributed by atoms with Crippen LogP contribution in [-0.2, 0) is 14.3 Å². The Bertz CT molecular complexity index is 453. The van der Waals surface area contributed by atoms with E-state index < -0.39 is 11.9 Å². The second kappa shape index (κ2) is 8.44. The summed E-state index contributed by atoms with van der Waals surface area (Å²) in [7, 11) is 1.51. The molecule has 20 heavy (non-hydrogen) atoms. The van der Waals surface area contributed by atoms with Gasteiger partial charge in [0.05, 0.1) is 25.6 Å². The van der Waals surface area contributed by atoms with Gasteiger partial charge in [-0.05, 0) is 6.92 Å². The quantitative estimate of drug-likeness (QED) is 0.692. The summed E-state index contributed by atoms with van der Waals surface area (Å²) in [5.74, 6) is -0.918. The molecular weight excluding hydrogens is 286 g/mol. The van der Waals surface area contributed by atoms with Crippen molar-refractivity contribution in [3.8, 4) is 0 Å². The van der Waals surface area contributed by atoms with Crippen molar-refractivity contribution in [2.24, 2.45) is 0 Å². The smallest absolute Gasteiger partial charge is 0.325 e. The summed E-state index contributed by atoms with van der Waals surface area (Å²) in [5, 5.41) is 0.190. The average molecular weight is 302 g/mol. The lowest BCUT2D eigenvalue weighted by atomic mass is 10.3. The Morgan fingerprint density at radius 3 is 2.65 bits per heavy atom. The number of hydrogen-bond acceptors (Lipinski definition) is 6. The summed E-state index contributed by atoms with van der Waals surface area (Å²) in [4.78, 5) is 32.7. The Kier molecular flexibility index (Phi) is 6.89. The van der Waals surface area contributed by atoms with Crippen molar-refractivity contribution in [2.75, 3.05) is 33.4 Å². The van der Waals surface area contributed by atoms with Crippen LogP contribution < -0.4 is 0 Å². The highest BCUT2D eigenvalue weighted by molar-refractivity contribution is 6.29. The van der Waals surface area contributed by atoms with Crippen LogP contribution in [0.1, 0.15) is 17.4 Å². The zero-order valence-electron chi connectivity index (χ0n) is 11.3. The largest absolute Gasteiger partial charge is 0.465 e.